The highest BCUT2D eigenvalue weighted by Crippen LogP contribution is 2.50. The van der Waals surface area contributed by atoms with Crippen LogP contribution < -0.4 is 4.90 Å². The van der Waals surface area contributed by atoms with E-state index in [1.807, 2.05) is 0 Å². The smallest absolute Gasteiger partial charge is 0.109 e. The molecule has 0 aliphatic heterocycles. The summed E-state index contributed by atoms with van der Waals surface area (Å²) in [6.45, 7) is 0. The Bertz CT molecular complexity index is 1580. The van der Waals surface area contributed by atoms with Crippen molar-refractivity contribution in [2.45, 2.75) is 0 Å². The summed E-state index contributed by atoms with van der Waals surface area (Å²) in [4.78, 5) is 2.41. The van der Waals surface area contributed by atoms with E-state index < -0.39 is 0 Å². The summed E-state index contributed by atoms with van der Waals surface area (Å²) < 4.78 is 1.08. The number of nitrogens with zero attached hydrogens (tertiary/aromatic N) is 1. The minimum absolute atomic E-state index is 1.08. The molecule has 0 aliphatic rings. The third-order valence-corrected chi connectivity index (χ3v) is 7.71. The van der Waals surface area contributed by atoms with Gasteiger partial charge in [0, 0.05) is 32.1 Å². The number of hydrogen-bond donors (Lipinski definition) is 0. The van der Waals surface area contributed by atoms with Gasteiger partial charge in [-0.1, -0.05) is 113 Å². The van der Waals surface area contributed by atoms with Crippen LogP contribution in [0.2, 0.25) is 0 Å². The van der Waals surface area contributed by atoms with Crippen LogP contribution >= 0.6 is 27.3 Å². The first-order chi connectivity index (χ1) is 17.3. The number of hydrogen-bond acceptors (Lipinski definition) is 2. The van der Waals surface area contributed by atoms with E-state index in [1.54, 1.807) is 11.3 Å². The van der Waals surface area contributed by atoms with Gasteiger partial charge in [-0.2, -0.15) is 0 Å². The van der Waals surface area contributed by atoms with Gasteiger partial charge in [-0.25, -0.2) is 0 Å². The second kappa shape index (κ2) is 9.53. The van der Waals surface area contributed by atoms with Crippen molar-refractivity contribution < 1.29 is 0 Å². The van der Waals surface area contributed by atoms with E-state index in [-0.39, 0.29) is 0 Å². The molecule has 0 saturated heterocycles. The quantitative estimate of drug-likeness (QED) is 0.213. The summed E-state index contributed by atoms with van der Waals surface area (Å²) in [5, 5.41) is 5.96. The van der Waals surface area contributed by atoms with Crippen molar-refractivity contribution in [1.29, 1.82) is 0 Å². The van der Waals surface area contributed by atoms with Crippen molar-refractivity contribution in [3.63, 3.8) is 0 Å². The van der Waals surface area contributed by atoms with Crippen LogP contribution in [0.3, 0.4) is 0 Å². The highest BCUT2D eigenvalue weighted by molar-refractivity contribution is 9.10. The van der Waals surface area contributed by atoms with Crippen LogP contribution in [0, 0.1) is 0 Å². The van der Waals surface area contributed by atoms with Crippen molar-refractivity contribution in [3.05, 3.63) is 137 Å². The molecule has 1 aromatic heterocycles. The van der Waals surface area contributed by atoms with E-state index in [0.29, 0.717) is 0 Å². The largest absolute Gasteiger partial charge is 0.301 e. The first-order valence-corrected chi connectivity index (χ1v) is 13.2. The molecule has 3 heteroatoms. The van der Waals surface area contributed by atoms with Crippen LogP contribution in [0.4, 0.5) is 16.4 Å². The zero-order valence-corrected chi connectivity index (χ0v) is 21.3. The molecule has 168 valence electrons. The Balaban J connectivity index is 1.66. The predicted octanol–water partition coefficient (Wildman–Crippen LogP) is 10.5. The zero-order chi connectivity index (χ0) is 23.6. The van der Waals surface area contributed by atoms with Gasteiger partial charge in [0.2, 0.25) is 0 Å². The lowest BCUT2D eigenvalue weighted by Crippen LogP contribution is -2.10. The lowest BCUT2D eigenvalue weighted by Gasteiger charge is -2.27. The summed E-state index contributed by atoms with van der Waals surface area (Å²) in [6, 6.07) is 45.2. The Morgan fingerprint density at radius 1 is 0.571 bits per heavy atom. The second-order valence-electron chi connectivity index (χ2n) is 8.37. The Hall–Kier alpha value is -3.66. The van der Waals surface area contributed by atoms with E-state index in [0.717, 1.165) is 10.2 Å². The Kier molecular flexibility index (Phi) is 5.95. The van der Waals surface area contributed by atoms with Gasteiger partial charge in [-0.15, -0.1) is 11.3 Å². The predicted molar refractivity (Wildman–Crippen MR) is 155 cm³/mol. The molecule has 0 saturated carbocycles. The van der Waals surface area contributed by atoms with Crippen molar-refractivity contribution >= 4 is 54.4 Å². The molecular formula is C32H22BrNS. The first-order valence-electron chi connectivity index (χ1n) is 11.6. The zero-order valence-electron chi connectivity index (χ0n) is 18.9. The third kappa shape index (κ3) is 4.18. The minimum atomic E-state index is 1.08. The van der Waals surface area contributed by atoms with Crippen molar-refractivity contribution in [1.82, 2.24) is 0 Å². The summed E-state index contributed by atoms with van der Waals surface area (Å²) in [7, 11) is 0. The first kappa shape index (κ1) is 21.8. The molecule has 0 unspecified atom stereocenters. The number of rotatable bonds is 5. The molecule has 0 atom stereocenters. The van der Waals surface area contributed by atoms with E-state index in [4.69, 9.17) is 0 Å². The van der Waals surface area contributed by atoms with Gasteiger partial charge in [0.05, 0.1) is 5.69 Å². The van der Waals surface area contributed by atoms with Crippen LogP contribution in [-0.4, -0.2) is 0 Å². The molecule has 6 rings (SSSR count). The number of thiophene rings is 1. The molecule has 1 heterocycles. The summed E-state index contributed by atoms with van der Waals surface area (Å²) in [5.74, 6) is 0. The van der Waals surface area contributed by atoms with Gasteiger partial charge in [0.15, 0.2) is 0 Å². The van der Waals surface area contributed by atoms with Crippen LogP contribution in [0.1, 0.15) is 0 Å². The standard InChI is InChI=1S/C32H22BrNS/c33-26-20-18-24(19-21-26)29-22-35-32(31(29)25-11-3-1-4-12-25)34(27-14-5-2-6-15-27)30-17-9-13-23-10-7-8-16-28(23)30/h1-22H. The maximum absolute atomic E-state index is 3.59. The summed E-state index contributed by atoms with van der Waals surface area (Å²) in [6.07, 6.45) is 0. The number of benzene rings is 5. The van der Waals surface area contributed by atoms with Crippen LogP contribution in [0.5, 0.6) is 0 Å². The van der Waals surface area contributed by atoms with Crippen LogP contribution in [0.15, 0.2) is 137 Å². The molecule has 0 N–H and O–H groups in total. The highest BCUT2D eigenvalue weighted by Gasteiger charge is 2.23. The number of halogens is 1. The number of para-hydroxylation sites is 1. The van der Waals surface area contributed by atoms with E-state index >= 15 is 0 Å². The average Bonchev–Trinajstić information content (AvgIpc) is 3.35. The van der Waals surface area contributed by atoms with Crippen molar-refractivity contribution in [3.8, 4) is 22.3 Å². The number of fused-ring (bicyclic) bond motifs is 1. The Morgan fingerprint density at radius 3 is 2.00 bits per heavy atom. The molecular weight excluding hydrogens is 510 g/mol. The van der Waals surface area contributed by atoms with E-state index in [1.165, 1.54) is 43.7 Å². The summed E-state index contributed by atoms with van der Waals surface area (Å²) >= 11 is 5.38. The maximum Gasteiger partial charge on any atom is 0.109 e. The summed E-state index contributed by atoms with van der Waals surface area (Å²) in [5.41, 5.74) is 7.23. The normalized spacial score (nSPS) is 11.0. The van der Waals surface area contributed by atoms with Gasteiger partial charge in [0.25, 0.3) is 0 Å². The van der Waals surface area contributed by atoms with E-state index in [9.17, 15) is 0 Å². The molecule has 0 fully saturated rings. The van der Waals surface area contributed by atoms with Gasteiger partial charge >= 0.3 is 0 Å². The van der Waals surface area contributed by atoms with Gasteiger partial charge in [-0.05, 0) is 46.8 Å². The Morgan fingerprint density at radius 2 is 1.23 bits per heavy atom. The molecule has 5 aromatic carbocycles. The second-order valence-corrected chi connectivity index (χ2v) is 10.1. The fourth-order valence-corrected chi connectivity index (χ4v) is 5.99. The molecule has 0 radical (unpaired) electrons. The fourth-order valence-electron chi connectivity index (χ4n) is 4.58. The van der Waals surface area contributed by atoms with Crippen LogP contribution in [-0.2, 0) is 0 Å². The fraction of sp³-hybridized carbons (Fsp3) is 0. The van der Waals surface area contributed by atoms with Crippen molar-refractivity contribution in [2.75, 3.05) is 4.90 Å². The topological polar surface area (TPSA) is 3.24 Å². The molecule has 1 nitrogen and oxygen atoms in total. The monoisotopic (exact) mass is 531 g/mol. The highest BCUT2D eigenvalue weighted by atomic mass is 79.9. The van der Waals surface area contributed by atoms with Gasteiger partial charge in [0.1, 0.15) is 5.00 Å². The molecule has 35 heavy (non-hydrogen) atoms. The molecule has 0 amide bonds. The molecule has 0 bridgehead atoms. The van der Waals surface area contributed by atoms with Crippen molar-refractivity contribution in [2.24, 2.45) is 0 Å². The van der Waals surface area contributed by atoms with Gasteiger partial charge < -0.3 is 4.90 Å². The number of anilines is 3. The van der Waals surface area contributed by atoms with Gasteiger partial charge in [-0.3, -0.25) is 0 Å². The Labute approximate surface area is 218 Å². The average molecular weight is 533 g/mol. The SMILES string of the molecule is Brc1ccc(-c2csc(N(c3ccccc3)c3cccc4ccccc34)c2-c2ccccc2)cc1. The third-order valence-electron chi connectivity index (χ3n) is 6.21. The van der Waals surface area contributed by atoms with E-state index in [2.05, 4.69) is 154 Å². The van der Waals surface area contributed by atoms with Crippen LogP contribution in [0.25, 0.3) is 33.0 Å². The minimum Gasteiger partial charge on any atom is -0.301 e. The molecule has 6 aromatic rings. The molecule has 0 aliphatic carbocycles. The maximum atomic E-state index is 3.59. The lowest BCUT2D eigenvalue weighted by molar-refractivity contribution is 1.33. The lowest BCUT2D eigenvalue weighted by atomic mass is 9.97. The molecule has 0 spiro atoms.